The number of para-hydroxylation sites is 1. The van der Waals surface area contributed by atoms with Crippen LogP contribution in [0.25, 0.3) is 0 Å². The van der Waals surface area contributed by atoms with Crippen LogP contribution >= 0.6 is 0 Å². The number of phenols is 2. The van der Waals surface area contributed by atoms with Crippen molar-refractivity contribution in [1.29, 1.82) is 0 Å². The lowest BCUT2D eigenvalue weighted by molar-refractivity contribution is 0.0824. The monoisotopic (exact) mass is 594 g/mol. The third kappa shape index (κ3) is 6.53. The Labute approximate surface area is 247 Å². The molecule has 3 aromatic rings. The molecule has 42 heavy (non-hydrogen) atoms. The van der Waals surface area contributed by atoms with Gasteiger partial charge in [-0.15, -0.1) is 0 Å². The van der Waals surface area contributed by atoms with E-state index in [-0.39, 0.29) is 41.7 Å². The van der Waals surface area contributed by atoms with Crippen molar-refractivity contribution in [2.45, 2.75) is 44.4 Å². The summed E-state index contributed by atoms with van der Waals surface area (Å²) < 4.78 is 44.0. The van der Waals surface area contributed by atoms with Crippen LogP contribution < -0.4 is 5.32 Å². The van der Waals surface area contributed by atoms with Crippen molar-refractivity contribution in [3.8, 4) is 11.5 Å². The van der Waals surface area contributed by atoms with Gasteiger partial charge in [0.1, 0.15) is 17.3 Å². The Kier molecular flexibility index (Phi) is 9.30. The molecule has 2 aliphatic heterocycles. The summed E-state index contributed by atoms with van der Waals surface area (Å²) in [5, 5.41) is 24.4. The predicted octanol–water partition coefficient (Wildman–Crippen LogP) is 5.34. The number of Topliss-reactive ketones (excluding diaryl/α,β-unsaturated/α-hetero) is 1. The molecule has 0 amide bonds. The smallest absolute Gasteiger partial charge is 0.214 e. The van der Waals surface area contributed by atoms with Crippen molar-refractivity contribution in [2.75, 3.05) is 31.9 Å². The molecule has 2 heterocycles. The van der Waals surface area contributed by atoms with Crippen LogP contribution in [0.15, 0.2) is 66.7 Å². The maximum Gasteiger partial charge on any atom is 0.214 e. The molecule has 1 unspecified atom stereocenters. The van der Waals surface area contributed by atoms with Gasteiger partial charge in [-0.05, 0) is 92.6 Å². The standard InChI is InChI=1S/C33H39FN2O5S/c1-22-26(13-5-14-30(22)34)32-28(27-12-2-3-15-31(27)38)20-36(21-29(32)33(39)24-10-4-11-25(37)18-24)42(40,41)17-7-9-23-8-6-16-35-19-23/h2-5,10-15,18,23,28-29,32,35,37-38H,6-9,16-17,19-21H2,1H3/t23?,28-,29+,32-/m1/s1. The number of ketones is 1. The topological polar surface area (TPSA) is 107 Å². The van der Waals surface area contributed by atoms with Crippen LogP contribution in [0.5, 0.6) is 11.5 Å². The van der Waals surface area contributed by atoms with Crippen LogP contribution in [-0.4, -0.2) is 60.7 Å². The number of hydrogen-bond donors (Lipinski definition) is 3. The molecule has 0 radical (unpaired) electrons. The summed E-state index contributed by atoms with van der Waals surface area (Å²) in [6.07, 6.45) is 3.50. The number of nitrogens with one attached hydrogen (secondary N) is 1. The average molecular weight is 595 g/mol. The van der Waals surface area contributed by atoms with Gasteiger partial charge in [-0.1, -0.05) is 42.5 Å². The van der Waals surface area contributed by atoms with Gasteiger partial charge in [-0.2, -0.15) is 0 Å². The highest BCUT2D eigenvalue weighted by molar-refractivity contribution is 7.89. The molecule has 2 fully saturated rings. The number of carbonyl (C=O) groups is 1. The molecular weight excluding hydrogens is 555 g/mol. The normalized spacial score (nSPS) is 23.5. The molecule has 3 N–H and O–H groups in total. The van der Waals surface area contributed by atoms with Crippen molar-refractivity contribution in [3.05, 3.63) is 94.8 Å². The molecule has 0 saturated carbocycles. The molecule has 0 bridgehead atoms. The van der Waals surface area contributed by atoms with Crippen molar-refractivity contribution >= 4 is 15.8 Å². The third-order valence-electron chi connectivity index (χ3n) is 8.95. The van der Waals surface area contributed by atoms with E-state index in [4.69, 9.17) is 0 Å². The first-order chi connectivity index (χ1) is 20.2. The minimum atomic E-state index is -3.76. The van der Waals surface area contributed by atoms with Crippen LogP contribution in [0.4, 0.5) is 4.39 Å². The Hall–Kier alpha value is -3.27. The first-order valence-corrected chi connectivity index (χ1v) is 16.3. The summed E-state index contributed by atoms with van der Waals surface area (Å²) in [6, 6.07) is 17.5. The Morgan fingerprint density at radius 3 is 2.52 bits per heavy atom. The highest BCUT2D eigenvalue weighted by Gasteiger charge is 2.46. The molecule has 2 aliphatic rings. The Morgan fingerprint density at radius 1 is 1.02 bits per heavy atom. The fourth-order valence-electron chi connectivity index (χ4n) is 6.73. The summed E-state index contributed by atoms with van der Waals surface area (Å²) in [6.45, 7) is 3.53. The number of aromatic hydroxyl groups is 2. The maximum absolute atomic E-state index is 14.9. The zero-order valence-corrected chi connectivity index (χ0v) is 24.7. The van der Waals surface area contributed by atoms with Gasteiger partial charge < -0.3 is 15.5 Å². The molecular formula is C33H39FN2O5S. The van der Waals surface area contributed by atoms with E-state index in [1.165, 1.54) is 22.5 Å². The van der Waals surface area contributed by atoms with E-state index in [2.05, 4.69) is 5.32 Å². The first-order valence-electron chi connectivity index (χ1n) is 14.7. The van der Waals surface area contributed by atoms with Gasteiger partial charge >= 0.3 is 0 Å². The molecule has 9 heteroatoms. The molecule has 0 spiro atoms. The summed E-state index contributed by atoms with van der Waals surface area (Å²) >= 11 is 0. The molecule has 7 nitrogen and oxygen atoms in total. The SMILES string of the molecule is Cc1c(F)cccc1[C@H]1[C@@H](C(=O)c2cccc(O)c2)CN(S(=O)(=O)CCCC2CCCNC2)C[C@@H]1c1ccccc1O. The number of piperidine rings is 2. The van der Waals surface area contributed by atoms with Gasteiger partial charge in [0, 0.05) is 36.4 Å². The third-order valence-corrected chi connectivity index (χ3v) is 10.8. The summed E-state index contributed by atoms with van der Waals surface area (Å²) in [5.74, 6) is -2.55. The lowest BCUT2D eigenvalue weighted by atomic mass is 9.68. The number of hydrogen-bond acceptors (Lipinski definition) is 6. The predicted molar refractivity (Wildman–Crippen MR) is 161 cm³/mol. The molecule has 5 rings (SSSR count). The Balaban J connectivity index is 1.55. The maximum atomic E-state index is 14.9. The number of phenolic OH excluding ortho intramolecular Hbond substituents is 2. The lowest BCUT2D eigenvalue weighted by Gasteiger charge is -2.44. The van der Waals surface area contributed by atoms with Gasteiger partial charge in [0.25, 0.3) is 0 Å². The highest BCUT2D eigenvalue weighted by Crippen LogP contribution is 2.48. The van der Waals surface area contributed by atoms with Gasteiger partial charge in [0.05, 0.1) is 5.75 Å². The molecule has 3 aromatic carbocycles. The molecule has 0 aromatic heterocycles. The largest absolute Gasteiger partial charge is 0.508 e. The zero-order chi connectivity index (χ0) is 29.9. The Bertz CT molecular complexity index is 1520. The summed E-state index contributed by atoms with van der Waals surface area (Å²) in [4.78, 5) is 14.2. The second-order valence-electron chi connectivity index (χ2n) is 11.7. The van der Waals surface area contributed by atoms with Crippen LogP contribution in [0.2, 0.25) is 0 Å². The van der Waals surface area contributed by atoms with E-state index in [0.717, 1.165) is 32.4 Å². The van der Waals surface area contributed by atoms with E-state index >= 15 is 0 Å². The van der Waals surface area contributed by atoms with Gasteiger partial charge in [0.15, 0.2) is 5.78 Å². The number of rotatable bonds is 9. The molecule has 0 aliphatic carbocycles. The number of nitrogens with zero attached hydrogens (tertiary/aromatic N) is 1. The van der Waals surface area contributed by atoms with Crippen molar-refractivity contribution < 1.29 is 27.8 Å². The van der Waals surface area contributed by atoms with Crippen molar-refractivity contribution in [2.24, 2.45) is 11.8 Å². The van der Waals surface area contributed by atoms with Crippen molar-refractivity contribution in [1.82, 2.24) is 9.62 Å². The van der Waals surface area contributed by atoms with Crippen LogP contribution in [0.1, 0.15) is 64.6 Å². The Morgan fingerprint density at radius 2 is 1.79 bits per heavy atom. The van der Waals surface area contributed by atoms with Crippen LogP contribution in [-0.2, 0) is 10.0 Å². The van der Waals surface area contributed by atoms with Gasteiger partial charge in [-0.3, -0.25) is 4.79 Å². The van der Waals surface area contributed by atoms with E-state index in [1.54, 1.807) is 55.5 Å². The van der Waals surface area contributed by atoms with Gasteiger partial charge in [-0.25, -0.2) is 17.1 Å². The second-order valence-corrected chi connectivity index (χ2v) is 13.7. The van der Waals surface area contributed by atoms with Crippen LogP contribution in [0.3, 0.4) is 0 Å². The molecule has 224 valence electrons. The van der Waals surface area contributed by atoms with E-state index in [1.807, 2.05) is 0 Å². The van der Waals surface area contributed by atoms with Gasteiger partial charge in [0.2, 0.25) is 10.0 Å². The lowest BCUT2D eigenvalue weighted by Crippen LogP contribution is -2.50. The summed E-state index contributed by atoms with van der Waals surface area (Å²) in [7, 11) is -3.76. The van der Waals surface area contributed by atoms with E-state index in [0.29, 0.717) is 29.0 Å². The molecule has 2 saturated heterocycles. The fraction of sp³-hybridized carbons (Fsp3) is 0.424. The van der Waals surface area contributed by atoms with Crippen LogP contribution in [0, 0.1) is 24.6 Å². The summed E-state index contributed by atoms with van der Waals surface area (Å²) in [5.41, 5.74) is 1.74. The fourth-order valence-corrected chi connectivity index (χ4v) is 8.30. The highest BCUT2D eigenvalue weighted by atomic mass is 32.2. The number of halogens is 1. The quantitative estimate of drug-likeness (QED) is 0.289. The first kappa shape index (κ1) is 30.2. The minimum Gasteiger partial charge on any atom is -0.508 e. The molecule has 4 atom stereocenters. The average Bonchev–Trinajstić information content (AvgIpc) is 2.98. The zero-order valence-electron chi connectivity index (χ0n) is 23.9. The second kappa shape index (κ2) is 12.9. The number of benzene rings is 3. The van der Waals surface area contributed by atoms with E-state index in [9.17, 15) is 27.8 Å². The number of sulfonamides is 1. The minimum absolute atomic E-state index is 0.00541. The van der Waals surface area contributed by atoms with E-state index < -0.39 is 33.6 Å². The van der Waals surface area contributed by atoms with Crippen molar-refractivity contribution in [3.63, 3.8) is 0 Å². The number of carbonyl (C=O) groups excluding carboxylic acids is 1.